The van der Waals surface area contributed by atoms with Crippen molar-refractivity contribution in [3.8, 4) is 0 Å². The van der Waals surface area contributed by atoms with Crippen molar-refractivity contribution in [1.82, 2.24) is 4.31 Å². The molecule has 166 valence electrons. The summed E-state index contributed by atoms with van der Waals surface area (Å²) in [5.41, 5.74) is 3.68. The fourth-order valence-electron chi connectivity index (χ4n) is 4.24. The predicted octanol–water partition coefficient (Wildman–Crippen LogP) is 3.92. The van der Waals surface area contributed by atoms with Gasteiger partial charge in [-0.1, -0.05) is 18.1 Å². The molecule has 0 radical (unpaired) electrons. The molecule has 0 fully saturated rings. The van der Waals surface area contributed by atoms with E-state index in [9.17, 15) is 18.3 Å². The normalized spacial score (nSPS) is 18.3. The molecule has 30 heavy (non-hydrogen) atoms. The average molecular weight is 437 g/mol. The van der Waals surface area contributed by atoms with Crippen LogP contribution in [0.4, 0.5) is 0 Å². The maximum Gasteiger partial charge on any atom is 0.243 e. The lowest BCUT2D eigenvalue weighted by molar-refractivity contribution is -0.116. The molecule has 0 saturated carbocycles. The molecule has 0 bridgehead atoms. The summed E-state index contributed by atoms with van der Waals surface area (Å²) in [6.07, 6.45) is 0.888. The molecule has 1 atom stereocenters. The Morgan fingerprint density at radius 1 is 1.20 bits per heavy atom. The number of oxime groups is 1. The highest BCUT2D eigenvalue weighted by Crippen LogP contribution is 2.40. The first-order valence-electron chi connectivity index (χ1n) is 10.1. The average Bonchev–Trinajstić information content (AvgIpc) is 2.62. The fourth-order valence-corrected chi connectivity index (χ4v) is 5.57. The van der Waals surface area contributed by atoms with E-state index in [1.165, 1.54) is 18.4 Å². The van der Waals surface area contributed by atoms with Crippen molar-refractivity contribution in [2.24, 2.45) is 5.16 Å². The van der Waals surface area contributed by atoms with Gasteiger partial charge in [0.15, 0.2) is 5.78 Å². The number of aryl methyl sites for hydroxylation is 2. The van der Waals surface area contributed by atoms with Crippen molar-refractivity contribution in [1.29, 1.82) is 0 Å². The second-order valence-electron chi connectivity index (χ2n) is 7.82. The Balaban J connectivity index is 2.59. The second-order valence-corrected chi connectivity index (χ2v) is 9.91. The van der Waals surface area contributed by atoms with Gasteiger partial charge in [0.25, 0.3) is 0 Å². The molecular weight excluding hydrogens is 404 g/mol. The van der Waals surface area contributed by atoms with Crippen LogP contribution in [-0.2, 0) is 19.7 Å². The monoisotopic (exact) mass is 436 g/mol. The molecule has 7 nitrogen and oxygen atoms in total. The minimum atomic E-state index is -3.64. The van der Waals surface area contributed by atoms with E-state index in [1.54, 1.807) is 20.8 Å². The van der Waals surface area contributed by atoms with Gasteiger partial charge in [-0.25, -0.2) is 12.7 Å². The highest BCUT2D eigenvalue weighted by atomic mass is 32.2. The number of allylic oxidation sites excluding steroid dienone is 2. The van der Waals surface area contributed by atoms with Crippen LogP contribution in [0.1, 0.15) is 61.3 Å². The Morgan fingerprint density at radius 3 is 2.33 bits per heavy atom. The summed E-state index contributed by atoms with van der Waals surface area (Å²) in [6.45, 7) is 9.49. The number of benzene rings is 1. The zero-order valence-electron chi connectivity index (χ0n) is 18.9. The zero-order chi connectivity index (χ0) is 22.8. The summed E-state index contributed by atoms with van der Waals surface area (Å²) in [5, 5.41) is 14.7. The summed E-state index contributed by atoms with van der Waals surface area (Å²) in [7, 11) is -0.638. The largest absolute Gasteiger partial charge is 0.511 e. The topological polar surface area (TPSA) is 96.3 Å². The van der Waals surface area contributed by atoms with Gasteiger partial charge in [0.1, 0.15) is 12.4 Å². The first kappa shape index (κ1) is 24.1. The first-order chi connectivity index (χ1) is 14.0. The van der Waals surface area contributed by atoms with Crippen molar-refractivity contribution in [3.05, 3.63) is 39.7 Å². The number of carbonyl (C=O) groups excluding carboxylic acids is 1. The standard InChI is InChI=1S/C22H32N2O5S/c1-8-17(23-29-9-2)21-18(25)11-16(12-19(21)26)20-13(3)10-14(4)22(15(20)5)30(27,28)24(6)7/h10,16,25H,8-9,11-12H2,1-7H3/b23-17-. The smallest absolute Gasteiger partial charge is 0.243 e. The van der Waals surface area contributed by atoms with E-state index >= 15 is 0 Å². The third-order valence-corrected chi connectivity index (χ3v) is 7.58. The van der Waals surface area contributed by atoms with E-state index in [4.69, 9.17) is 4.84 Å². The molecule has 2 rings (SSSR count). The number of rotatable bonds is 7. The van der Waals surface area contributed by atoms with Crippen molar-refractivity contribution in [3.63, 3.8) is 0 Å². The molecule has 0 spiro atoms. The SMILES string of the molecule is CCO/N=C(/CC)C1=C(O)CC(c2c(C)cc(C)c(S(=O)(=O)N(C)C)c2C)CC1=O. The highest BCUT2D eigenvalue weighted by molar-refractivity contribution is 7.89. The minimum absolute atomic E-state index is 0.0204. The molecule has 0 amide bonds. The Labute approximate surface area is 179 Å². The van der Waals surface area contributed by atoms with Gasteiger partial charge in [0.2, 0.25) is 10.0 Å². The molecule has 1 aromatic carbocycles. The number of carbonyl (C=O) groups is 1. The van der Waals surface area contributed by atoms with E-state index in [0.29, 0.717) is 29.9 Å². The van der Waals surface area contributed by atoms with E-state index < -0.39 is 10.0 Å². The predicted molar refractivity (Wildman–Crippen MR) is 118 cm³/mol. The Kier molecular flexibility index (Phi) is 7.47. The van der Waals surface area contributed by atoms with E-state index in [0.717, 1.165) is 11.1 Å². The summed E-state index contributed by atoms with van der Waals surface area (Å²) in [5.74, 6) is -0.531. The van der Waals surface area contributed by atoms with Crippen molar-refractivity contribution < 1.29 is 23.2 Å². The quantitative estimate of drug-likeness (QED) is 0.516. The molecule has 1 aliphatic carbocycles. The highest BCUT2D eigenvalue weighted by Gasteiger charge is 2.34. The lowest BCUT2D eigenvalue weighted by Crippen LogP contribution is -2.27. The summed E-state index contributed by atoms with van der Waals surface area (Å²) in [6, 6.07) is 1.84. The van der Waals surface area contributed by atoms with Gasteiger partial charge in [0, 0.05) is 26.9 Å². The van der Waals surface area contributed by atoms with Crippen LogP contribution >= 0.6 is 0 Å². The van der Waals surface area contributed by atoms with Gasteiger partial charge >= 0.3 is 0 Å². The van der Waals surface area contributed by atoms with Gasteiger partial charge < -0.3 is 9.94 Å². The maximum atomic E-state index is 13.0. The molecule has 8 heteroatoms. The molecule has 0 heterocycles. The van der Waals surface area contributed by atoms with Gasteiger partial charge in [0.05, 0.1) is 16.2 Å². The number of ketones is 1. The number of sulfonamides is 1. The van der Waals surface area contributed by atoms with Gasteiger partial charge in [-0.15, -0.1) is 0 Å². The van der Waals surface area contributed by atoms with Gasteiger partial charge in [-0.3, -0.25) is 4.79 Å². The van der Waals surface area contributed by atoms with E-state index in [-0.39, 0.29) is 40.8 Å². The van der Waals surface area contributed by atoms with Crippen LogP contribution in [0.2, 0.25) is 0 Å². The molecule has 0 aromatic heterocycles. The van der Waals surface area contributed by atoms with Crippen LogP contribution in [0.25, 0.3) is 0 Å². The summed E-state index contributed by atoms with van der Waals surface area (Å²) >= 11 is 0. The van der Waals surface area contributed by atoms with Gasteiger partial charge in [-0.2, -0.15) is 0 Å². The van der Waals surface area contributed by atoms with Crippen LogP contribution in [0.5, 0.6) is 0 Å². The van der Waals surface area contributed by atoms with Crippen molar-refractivity contribution in [2.75, 3.05) is 20.7 Å². The number of aliphatic hydroxyl groups is 1. The molecule has 0 aliphatic heterocycles. The molecular formula is C22H32N2O5S. The van der Waals surface area contributed by atoms with Crippen LogP contribution in [0.15, 0.2) is 27.4 Å². The number of nitrogens with zero attached hydrogens (tertiary/aromatic N) is 2. The summed E-state index contributed by atoms with van der Waals surface area (Å²) < 4.78 is 27.0. The van der Waals surface area contributed by atoms with Crippen LogP contribution in [0, 0.1) is 20.8 Å². The molecule has 0 saturated heterocycles. The number of Topliss-reactive ketones (excluding diaryl/α,β-unsaturated/α-hetero) is 1. The molecule has 1 N–H and O–H groups in total. The Bertz CT molecular complexity index is 1010. The molecule has 1 aliphatic rings. The lowest BCUT2D eigenvalue weighted by atomic mass is 9.78. The lowest BCUT2D eigenvalue weighted by Gasteiger charge is -2.28. The van der Waals surface area contributed by atoms with E-state index in [2.05, 4.69) is 5.16 Å². The third-order valence-electron chi connectivity index (χ3n) is 5.47. The maximum absolute atomic E-state index is 13.0. The first-order valence-corrected chi connectivity index (χ1v) is 11.6. The van der Waals surface area contributed by atoms with Crippen molar-refractivity contribution in [2.45, 2.75) is 64.7 Å². The minimum Gasteiger partial charge on any atom is -0.511 e. The van der Waals surface area contributed by atoms with E-state index in [1.807, 2.05) is 19.9 Å². The number of hydrogen-bond acceptors (Lipinski definition) is 6. The van der Waals surface area contributed by atoms with Crippen LogP contribution < -0.4 is 0 Å². The number of hydrogen-bond donors (Lipinski definition) is 1. The summed E-state index contributed by atoms with van der Waals surface area (Å²) in [4.78, 5) is 18.3. The van der Waals surface area contributed by atoms with Gasteiger partial charge in [-0.05, 0) is 62.3 Å². The van der Waals surface area contributed by atoms with Crippen LogP contribution in [0.3, 0.4) is 0 Å². The Hall–Kier alpha value is -2.19. The molecule has 1 aromatic rings. The van der Waals surface area contributed by atoms with Crippen molar-refractivity contribution >= 4 is 21.5 Å². The zero-order valence-corrected chi connectivity index (χ0v) is 19.7. The second kappa shape index (κ2) is 9.31. The third kappa shape index (κ3) is 4.44. The number of aliphatic hydroxyl groups excluding tert-OH is 1. The van der Waals surface area contributed by atoms with Crippen LogP contribution in [-0.4, -0.2) is 50.0 Å². The Morgan fingerprint density at radius 2 is 1.83 bits per heavy atom. The molecule has 1 unspecified atom stereocenters. The fraction of sp³-hybridized carbons (Fsp3) is 0.545.